The van der Waals surface area contributed by atoms with Gasteiger partial charge in [0.25, 0.3) is 5.91 Å². The number of amides is 1. The van der Waals surface area contributed by atoms with E-state index in [9.17, 15) is 4.79 Å². The van der Waals surface area contributed by atoms with Crippen LogP contribution in [0.2, 0.25) is 0 Å². The summed E-state index contributed by atoms with van der Waals surface area (Å²) >= 11 is 0. The number of hydrogen-bond acceptors (Lipinski definition) is 6. The molecule has 4 N–H and O–H groups in total. The van der Waals surface area contributed by atoms with Crippen molar-refractivity contribution in [3.8, 4) is 0 Å². The average Bonchev–Trinajstić information content (AvgIpc) is 2.43. The Morgan fingerprint density at radius 1 is 1.30 bits per heavy atom. The fraction of sp³-hybridized carbons (Fsp3) is 0.417. The van der Waals surface area contributed by atoms with Gasteiger partial charge in [-0.1, -0.05) is 33.7 Å². The maximum atomic E-state index is 11.9. The van der Waals surface area contributed by atoms with E-state index in [1.54, 1.807) is 33.7 Å². The molecule has 1 rings (SSSR count). The van der Waals surface area contributed by atoms with Crippen LogP contribution in [0, 0.1) is 0 Å². The van der Waals surface area contributed by atoms with Crippen LogP contribution in [0.5, 0.6) is 0 Å². The number of benzene rings is 1. The van der Waals surface area contributed by atoms with Gasteiger partial charge in [0.2, 0.25) is 0 Å². The lowest BCUT2D eigenvalue weighted by Crippen LogP contribution is -2.35. The first-order chi connectivity index (χ1) is 9.54. The predicted octanol–water partition coefficient (Wildman–Crippen LogP) is -0.142. The van der Waals surface area contributed by atoms with Crippen molar-refractivity contribution in [2.75, 3.05) is 18.1 Å². The predicted molar refractivity (Wildman–Crippen MR) is 85.2 cm³/mol. The summed E-state index contributed by atoms with van der Waals surface area (Å²) in [5, 5.41) is 29.5. The second kappa shape index (κ2) is 9.30. The molecule has 20 heavy (non-hydrogen) atoms. The molecule has 8 heteroatoms. The second-order valence-corrected chi connectivity index (χ2v) is 6.83. The normalized spacial score (nSPS) is 12.0. The molecule has 0 aromatic heterocycles. The number of nitrogens with one attached hydrogen (secondary N) is 1. The molecule has 0 fully saturated rings. The van der Waals surface area contributed by atoms with Crippen LogP contribution in [-0.4, -0.2) is 52.3 Å². The Bertz CT molecular complexity index is 416. The highest BCUT2D eigenvalue weighted by molar-refractivity contribution is 8.76. The first-order valence-electron chi connectivity index (χ1n) is 6.17. The molecule has 0 spiro atoms. The Kier molecular flexibility index (Phi) is 8.09. The molecule has 0 saturated heterocycles. The third-order valence-corrected chi connectivity index (χ3v) is 4.98. The van der Waals surface area contributed by atoms with Crippen LogP contribution in [-0.2, 0) is 0 Å². The van der Waals surface area contributed by atoms with Gasteiger partial charge in [0.1, 0.15) is 0 Å². The monoisotopic (exact) mass is 315 g/mol. The fourth-order valence-electron chi connectivity index (χ4n) is 1.40. The number of aliphatic hydroxyl groups is 1. The van der Waals surface area contributed by atoms with Gasteiger partial charge in [-0.2, -0.15) is 0 Å². The molecule has 0 bridgehead atoms. The molecular weight excluding hydrogens is 297 g/mol. The van der Waals surface area contributed by atoms with Gasteiger partial charge in [-0.05, 0) is 24.5 Å². The zero-order chi connectivity index (χ0) is 15.0. The lowest BCUT2D eigenvalue weighted by Gasteiger charge is -2.13. The number of aliphatic hydroxyl groups excluding tert-OH is 1. The van der Waals surface area contributed by atoms with E-state index in [1.807, 2.05) is 6.92 Å². The smallest absolute Gasteiger partial charge is 0.423 e. The van der Waals surface area contributed by atoms with Crippen molar-refractivity contribution < 1.29 is 19.9 Å². The van der Waals surface area contributed by atoms with Gasteiger partial charge < -0.3 is 20.5 Å². The molecule has 1 unspecified atom stereocenters. The van der Waals surface area contributed by atoms with Gasteiger partial charge in [-0.25, -0.2) is 0 Å². The highest BCUT2D eigenvalue weighted by atomic mass is 33.1. The van der Waals surface area contributed by atoms with Crippen molar-refractivity contribution in [3.63, 3.8) is 0 Å². The van der Waals surface area contributed by atoms with E-state index in [-0.39, 0.29) is 18.6 Å². The third-order valence-electron chi connectivity index (χ3n) is 2.42. The van der Waals surface area contributed by atoms with E-state index in [0.717, 1.165) is 5.75 Å². The van der Waals surface area contributed by atoms with E-state index in [1.165, 1.54) is 12.1 Å². The van der Waals surface area contributed by atoms with E-state index in [4.69, 9.17) is 15.2 Å². The fourth-order valence-corrected chi connectivity index (χ4v) is 3.46. The van der Waals surface area contributed by atoms with Crippen molar-refractivity contribution in [3.05, 3.63) is 29.8 Å². The van der Waals surface area contributed by atoms with Crippen LogP contribution in [0.3, 0.4) is 0 Å². The molecule has 1 atom stereocenters. The van der Waals surface area contributed by atoms with E-state index in [2.05, 4.69) is 5.32 Å². The zero-order valence-electron chi connectivity index (χ0n) is 11.2. The van der Waals surface area contributed by atoms with E-state index >= 15 is 0 Å². The third kappa shape index (κ3) is 6.19. The lowest BCUT2D eigenvalue weighted by atomic mass is 9.80. The maximum Gasteiger partial charge on any atom is 0.488 e. The van der Waals surface area contributed by atoms with Gasteiger partial charge in [0.15, 0.2) is 0 Å². The summed E-state index contributed by atoms with van der Waals surface area (Å²) in [6.07, 6.45) is 0. The molecule has 0 aliphatic carbocycles. The molecule has 0 radical (unpaired) electrons. The zero-order valence-corrected chi connectivity index (χ0v) is 12.8. The minimum Gasteiger partial charge on any atom is -0.423 e. The van der Waals surface area contributed by atoms with Crippen molar-refractivity contribution in [1.82, 2.24) is 5.32 Å². The summed E-state index contributed by atoms with van der Waals surface area (Å²) in [7, 11) is 1.65. The summed E-state index contributed by atoms with van der Waals surface area (Å²) < 4.78 is 0. The number of hydrogen-bond donors (Lipinski definition) is 4. The summed E-state index contributed by atoms with van der Waals surface area (Å²) in [6, 6.07) is 6.16. The molecule has 0 aliphatic heterocycles. The van der Waals surface area contributed by atoms with Crippen LogP contribution in [0.15, 0.2) is 24.3 Å². The molecule has 1 aromatic carbocycles. The Morgan fingerprint density at radius 3 is 2.50 bits per heavy atom. The van der Waals surface area contributed by atoms with Gasteiger partial charge in [-0.3, -0.25) is 4.79 Å². The molecule has 5 nitrogen and oxygen atoms in total. The molecule has 110 valence electrons. The summed E-state index contributed by atoms with van der Waals surface area (Å²) in [5.74, 6) is 1.24. The average molecular weight is 315 g/mol. The van der Waals surface area contributed by atoms with Gasteiger partial charge >= 0.3 is 7.12 Å². The van der Waals surface area contributed by atoms with Crippen LogP contribution in [0.4, 0.5) is 0 Å². The Balaban J connectivity index is 2.41. The Morgan fingerprint density at radius 2 is 1.95 bits per heavy atom. The maximum absolute atomic E-state index is 11.9. The highest BCUT2D eigenvalue weighted by Gasteiger charge is 2.13. The van der Waals surface area contributed by atoms with Crippen LogP contribution in [0.25, 0.3) is 0 Å². The number of carbonyl (C=O) groups excluding carboxylic acids is 1. The number of carbonyl (C=O) groups is 1. The Hall–Kier alpha value is -0.665. The molecule has 0 saturated carbocycles. The molecule has 0 aliphatic rings. The lowest BCUT2D eigenvalue weighted by molar-refractivity contribution is 0.0943. The van der Waals surface area contributed by atoms with Crippen molar-refractivity contribution >= 4 is 40.1 Å². The summed E-state index contributed by atoms with van der Waals surface area (Å²) in [4.78, 5) is 11.9. The van der Waals surface area contributed by atoms with E-state index < -0.39 is 7.12 Å². The standard InChI is InChI=1S/C12H18BNO4S2/c1-9(8-20-19-7-6-15)14-12(16)10-2-4-11(5-3-10)13(17)18/h2-5,9,15,17-18H,6-8H2,1H3,(H,14,16). The van der Waals surface area contributed by atoms with Crippen molar-refractivity contribution in [1.29, 1.82) is 0 Å². The first kappa shape index (κ1) is 17.4. The summed E-state index contributed by atoms with van der Waals surface area (Å²) in [6.45, 7) is 2.07. The SMILES string of the molecule is CC(CSSCCO)NC(=O)c1ccc(B(O)O)cc1. The van der Waals surface area contributed by atoms with Gasteiger partial charge in [-0.15, -0.1) is 0 Å². The minimum absolute atomic E-state index is 0.0156. The van der Waals surface area contributed by atoms with Gasteiger partial charge in [0.05, 0.1) is 6.61 Å². The quantitative estimate of drug-likeness (QED) is 0.303. The Labute approximate surface area is 126 Å². The van der Waals surface area contributed by atoms with Crippen LogP contribution in [0.1, 0.15) is 17.3 Å². The van der Waals surface area contributed by atoms with E-state index in [0.29, 0.717) is 16.8 Å². The van der Waals surface area contributed by atoms with Gasteiger partial charge in [0, 0.05) is 23.1 Å². The minimum atomic E-state index is -1.52. The topological polar surface area (TPSA) is 89.8 Å². The molecule has 1 aromatic rings. The number of rotatable bonds is 8. The first-order valence-corrected chi connectivity index (χ1v) is 8.65. The largest absolute Gasteiger partial charge is 0.488 e. The molecular formula is C12H18BNO4S2. The summed E-state index contributed by atoms with van der Waals surface area (Å²) in [5.41, 5.74) is 0.833. The van der Waals surface area contributed by atoms with Crippen LogP contribution >= 0.6 is 21.6 Å². The molecule has 1 amide bonds. The highest BCUT2D eigenvalue weighted by Crippen LogP contribution is 2.21. The second-order valence-electron chi connectivity index (χ2n) is 4.20. The van der Waals surface area contributed by atoms with Crippen molar-refractivity contribution in [2.24, 2.45) is 0 Å². The molecule has 0 heterocycles. The van der Waals surface area contributed by atoms with Crippen LogP contribution < -0.4 is 10.8 Å². The van der Waals surface area contributed by atoms with Crippen molar-refractivity contribution in [2.45, 2.75) is 13.0 Å².